The van der Waals surface area contributed by atoms with Crippen LogP contribution in [-0.2, 0) is 12.0 Å². The lowest BCUT2D eigenvalue weighted by atomic mass is 9.91. The van der Waals surface area contributed by atoms with Crippen molar-refractivity contribution in [1.82, 2.24) is 0 Å². The van der Waals surface area contributed by atoms with Gasteiger partial charge in [0.1, 0.15) is 13.2 Å². The molecule has 0 aromatic heterocycles. The van der Waals surface area contributed by atoms with Crippen LogP contribution in [0, 0.1) is 0 Å². The van der Waals surface area contributed by atoms with E-state index in [0.717, 1.165) is 33.5 Å². The smallest absolute Gasteiger partial charge is 0.175 e. The fraction of sp³-hybridized carbons (Fsp3) is 0.538. The van der Waals surface area contributed by atoms with Gasteiger partial charge in [-0.05, 0) is 47.8 Å². The van der Waals surface area contributed by atoms with Gasteiger partial charge in [-0.15, -0.1) is 0 Å². The van der Waals surface area contributed by atoms with Crippen LogP contribution in [0.25, 0.3) is 0 Å². The maximum Gasteiger partial charge on any atom is 0.175 e. The van der Waals surface area contributed by atoms with Crippen molar-refractivity contribution in [3.63, 3.8) is 0 Å². The van der Waals surface area contributed by atoms with Gasteiger partial charge in [0, 0.05) is 5.56 Å². The highest BCUT2D eigenvalue weighted by Gasteiger charge is 2.28. The first kappa shape index (κ1) is 12.7. The van der Waals surface area contributed by atoms with Crippen molar-refractivity contribution in [3.8, 4) is 11.5 Å². The van der Waals surface area contributed by atoms with Crippen LogP contribution in [-0.4, -0.2) is 18.3 Å². The highest BCUT2D eigenvalue weighted by Crippen LogP contribution is 2.44. The fourth-order valence-electron chi connectivity index (χ4n) is 2.12. The van der Waals surface area contributed by atoms with Crippen molar-refractivity contribution in [2.75, 3.05) is 13.2 Å². The number of ether oxygens (including phenoxy) is 2. The number of halogens is 1. The summed E-state index contributed by atoms with van der Waals surface area (Å²) < 4.78 is 12.1. The minimum absolute atomic E-state index is 0.557. The van der Waals surface area contributed by atoms with E-state index in [1.165, 1.54) is 0 Å². The van der Waals surface area contributed by atoms with Crippen molar-refractivity contribution in [2.24, 2.45) is 0 Å². The van der Waals surface area contributed by atoms with Crippen molar-refractivity contribution >= 4 is 15.9 Å². The van der Waals surface area contributed by atoms with E-state index in [1.807, 2.05) is 6.07 Å². The van der Waals surface area contributed by atoms with E-state index in [9.17, 15) is 5.11 Å². The zero-order chi connectivity index (χ0) is 12.6. The lowest BCUT2D eigenvalue weighted by molar-refractivity contribution is 0.0763. The highest BCUT2D eigenvalue weighted by molar-refractivity contribution is 9.10. The standard InChI is InChI=1S/C13H17BrO3/c1-4-8-9(13(2,3)15)7-10(14)12-11(8)16-5-6-17-12/h7,15H,4-6H2,1-3H3. The molecule has 0 spiro atoms. The normalized spacial score (nSPS) is 14.9. The molecule has 0 fully saturated rings. The van der Waals surface area contributed by atoms with Gasteiger partial charge < -0.3 is 14.6 Å². The van der Waals surface area contributed by atoms with E-state index in [2.05, 4.69) is 22.9 Å². The van der Waals surface area contributed by atoms with Gasteiger partial charge in [-0.1, -0.05) is 6.92 Å². The molecule has 1 heterocycles. The van der Waals surface area contributed by atoms with Gasteiger partial charge in [0.05, 0.1) is 10.1 Å². The Kier molecular flexibility index (Phi) is 3.36. The van der Waals surface area contributed by atoms with Gasteiger partial charge in [0.25, 0.3) is 0 Å². The average molecular weight is 301 g/mol. The molecule has 2 rings (SSSR count). The van der Waals surface area contributed by atoms with Gasteiger partial charge in [0.15, 0.2) is 11.5 Å². The van der Waals surface area contributed by atoms with Gasteiger partial charge in [-0.2, -0.15) is 0 Å². The summed E-state index contributed by atoms with van der Waals surface area (Å²) in [6.45, 7) is 6.74. The number of fused-ring (bicyclic) bond motifs is 1. The maximum absolute atomic E-state index is 10.2. The maximum atomic E-state index is 10.2. The summed E-state index contributed by atoms with van der Waals surface area (Å²) in [6, 6.07) is 1.92. The molecule has 4 heteroatoms. The van der Waals surface area contributed by atoms with Gasteiger partial charge >= 0.3 is 0 Å². The molecule has 0 radical (unpaired) electrons. The molecule has 1 aromatic carbocycles. The molecule has 0 unspecified atom stereocenters. The Morgan fingerprint density at radius 1 is 1.29 bits per heavy atom. The Bertz CT molecular complexity index is 435. The molecule has 0 saturated carbocycles. The first-order valence-corrected chi connectivity index (χ1v) is 6.58. The minimum atomic E-state index is -0.885. The monoisotopic (exact) mass is 300 g/mol. The van der Waals surface area contributed by atoms with E-state index in [0.29, 0.717) is 13.2 Å². The first-order valence-electron chi connectivity index (χ1n) is 5.79. The topological polar surface area (TPSA) is 38.7 Å². The molecule has 1 N–H and O–H groups in total. The van der Waals surface area contributed by atoms with Crippen molar-refractivity contribution < 1.29 is 14.6 Å². The summed E-state index contributed by atoms with van der Waals surface area (Å²) in [4.78, 5) is 0. The van der Waals surface area contributed by atoms with Crippen molar-refractivity contribution in [2.45, 2.75) is 32.8 Å². The number of aliphatic hydroxyl groups is 1. The average Bonchev–Trinajstić information content (AvgIpc) is 2.28. The van der Waals surface area contributed by atoms with Gasteiger partial charge in [-0.3, -0.25) is 0 Å². The molecule has 17 heavy (non-hydrogen) atoms. The molecule has 0 bridgehead atoms. The van der Waals surface area contributed by atoms with Gasteiger partial charge in [-0.25, -0.2) is 0 Å². The SMILES string of the molecule is CCc1c(C(C)(C)O)cc(Br)c2c1OCCO2. The highest BCUT2D eigenvalue weighted by atomic mass is 79.9. The molecule has 1 aliphatic heterocycles. The minimum Gasteiger partial charge on any atom is -0.486 e. The first-order chi connectivity index (χ1) is 7.95. The second kappa shape index (κ2) is 4.50. The molecule has 94 valence electrons. The molecular formula is C13H17BrO3. The number of benzene rings is 1. The summed E-state index contributed by atoms with van der Waals surface area (Å²) in [7, 11) is 0. The van der Waals surface area contributed by atoms with E-state index in [-0.39, 0.29) is 0 Å². The largest absolute Gasteiger partial charge is 0.486 e. The Morgan fingerprint density at radius 3 is 2.41 bits per heavy atom. The molecule has 1 aromatic rings. The quantitative estimate of drug-likeness (QED) is 0.912. The molecule has 3 nitrogen and oxygen atoms in total. The van der Waals surface area contributed by atoms with Crippen LogP contribution in [0.5, 0.6) is 11.5 Å². The molecule has 1 aliphatic rings. The number of hydrogen-bond donors (Lipinski definition) is 1. The third-order valence-corrected chi connectivity index (χ3v) is 3.47. The van der Waals surface area contributed by atoms with Crippen LogP contribution in [0.2, 0.25) is 0 Å². The third kappa shape index (κ3) is 2.29. The Hall–Kier alpha value is -0.740. The molecule has 0 aliphatic carbocycles. The summed E-state index contributed by atoms with van der Waals surface area (Å²) in [5.41, 5.74) is 1.02. The van der Waals surface area contributed by atoms with E-state index >= 15 is 0 Å². The summed E-state index contributed by atoms with van der Waals surface area (Å²) >= 11 is 3.47. The second-order valence-electron chi connectivity index (χ2n) is 4.65. The van der Waals surface area contributed by atoms with Gasteiger partial charge in [0.2, 0.25) is 0 Å². The van der Waals surface area contributed by atoms with Crippen LogP contribution in [0.1, 0.15) is 31.9 Å². The number of rotatable bonds is 2. The molecule has 0 atom stereocenters. The van der Waals surface area contributed by atoms with Crippen LogP contribution in [0.3, 0.4) is 0 Å². The van der Waals surface area contributed by atoms with Crippen LogP contribution < -0.4 is 9.47 Å². The second-order valence-corrected chi connectivity index (χ2v) is 5.51. The summed E-state index contributed by atoms with van der Waals surface area (Å²) in [5.74, 6) is 1.52. The molecular weight excluding hydrogens is 284 g/mol. The predicted molar refractivity (Wildman–Crippen MR) is 69.8 cm³/mol. The number of hydrogen-bond acceptors (Lipinski definition) is 3. The fourth-order valence-corrected chi connectivity index (χ4v) is 2.64. The van der Waals surface area contributed by atoms with Crippen LogP contribution in [0.15, 0.2) is 10.5 Å². The van der Waals surface area contributed by atoms with Crippen molar-refractivity contribution in [3.05, 3.63) is 21.7 Å². The lowest BCUT2D eigenvalue weighted by Crippen LogP contribution is -2.22. The summed E-state index contributed by atoms with van der Waals surface area (Å²) in [5, 5.41) is 10.2. The Morgan fingerprint density at radius 2 is 1.88 bits per heavy atom. The van der Waals surface area contributed by atoms with Crippen LogP contribution in [0.4, 0.5) is 0 Å². The van der Waals surface area contributed by atoms with E-state index < -0.39 is 5.60 Å². The van der Waals surface area contributed by atoms with E-state index in [4.69, 9.17) is 9.47 Å². The van der Waals surface area contributed by atoms with Crippen LogP contribution >= 0.6 is 15.9 Å². The summed E-state index contributed by atoms with van der Waals surface area (Å²) in [6.07, 6.45) is 0.804. The zero-order valence-electron chi connectivity index (χ0n) is 10.3. The Labute approximate surface area is 110 Å². The Balaban J connectivity index is 2.66. The van der Waals surface area contributed by atoms with Crippen molar-refractivity contribution in [1.29, 1.82) is 0 Å². The third-order valence-electron chi connectivity index (χ3n) is 2.88. The lowest BCUT2D eigenvalue weighted by Gasteiger charge is -2.28. The molecule has 0 saturated heterocycles. The molecule has 0 amide bonds. The van der Waals surface area contributed by atoms with E-state index in [1.54, 1.807) is 13.8 Å². The zero-order valence-corrected chi connectivity index (χ0v) is 11.9. The predicted octanol–water partition coefficient (Wildman–Crippen LogP) is 3.01.